The molecule has 2 aliphatic rings. The second-order valence-electron chi connectivity index (χ2n) is 5.43. The maximum absolute atomic E-state index is 12.3. The lowest BCUT2D eigenvalue weighted by Crippen LogP contribution is -2.50. The number of nitrogens with zero attached hydrogens (tertiary/aromatic N) is 2. The molecule has 2 heterocycles. The summed E-state index contributed by atoms with van der Waals surface area (Å²) in [6.45, 7) is 9.59. The van der Waals surface area contributed by atoms with Crippen LogP contribution in [0.2, 0.25) is 0 Å². The standard InChI is InChI=1S/C14H27N3O/c1-3-16(4-2)12-7-10-17(11-8-12)14(18)13-6-5-9-15-13/h12-13,15H,3-11H2,1-2H3/t13-/m0/s1. The van der Waals surface area contributed by atoms with Crippen LogP contribution in [0.4, 0.5) is 0 Å². The van der Waals surface area contributed by atoms with Crippen LogP contribution in [0.15, 0.2) is 0 Å². The first-order chi connectivity index (χ1) is 8.76. The minimum Gasteiger partial charge on any atom is -0.341 e. The zero-order valence-corrected chi connectivity index (χ0v) is 11.8. The highest BCUT2D eigenvalue weighted by Crippen LogP contribution is 2.18. The third-order valence-electron chi connectivity index (χ3n) is 4.46. The van der Waals surface area contributed by atoms with Crippen LogP contribution in [0.3, 0.4) is 0 Å². The van der Waals surface area contributed by atoms with Crippen molar-refractivity contribution in [3.8, 4) is 0 Å². The summed E-state index contributed by atoms with van der Waals surface area (Å²) in [4.78, 5) is 16.9. The molecule has 104 valence electrons. The van der Waals surface area contributed by atoms with Crippen molar-refractivity contribution in [1.29, 1.82) is 0 Å². The molecule has 1 N–H and O–H groups in total. The van der Waals surface area contributed by atoms with Crippen molar-refractivity contribution in [2.24, 2.45) is 0 Å². The average Bonchev–Trinajstić information content (AvgIpc) is 2.94. The summed E-state index contributed by atoms with van der Waals surface area (Å²) >= 11 is 0. The lowest BCUT2D eigenvalue weighted by molar-refractivity contribution is -0.134. The fourth-order valence-electron chi connectivity index (χ4n) is 3.31. The summed E-state index contributed by atoms with van der Waals surface area (Å²) < 4.78 is 0. The summed E-state index contributed by atoms with van der Waals surface area (Å²) in [5.41, 5.74) is 0. The van der Waals surface area contributed by atoms with Crippen LogP contribution in [-0.4, -0.2) is 60.5 Å². The van der Waals surface area contributed by atoms with Crippen LogP contribution in [0.5, 0.6) is 0 Å². The predicted octanol–water partition coefficient (Wildman–Crippen LogP) is 1.07. The molecule has 2 fully saturated rings. The van der Waals surface area contributed by atoms with Crippen molar-refractivity contribution >= 4 is 5.91 Å². The number of carbonyl (C=O) groups excluding carboxylic acids is 1. The summed E-state index contributed by atoms with van der Waals surface area (Å²) in [5, 5.41) is 3.31. The van der Waals surface area contributed by atoms with E-state index in [-0.39, 0.29) is 6.04 Å². The van der Waals surface area contributed by atoms with E-state index in [1.54, 1.807) is 0 Å². The minimum absolute atomic E-state index is 0.106. The number of piperidine rings is 1. The normalized spacial score (nSPS) is 25.9. The van der Waals surface area contributed by atoms with Gasteiger partial charge in [-0.15, -0.1) is 0 Å². The van der Waals surface area contributed by atoms with Crippen LogP contribution in [-0.2, 0) is 4.79 Å². The first kappa shape index (κ1) is 13.8. The van der Waals surface area contributed by atoms with Crippen molar-refractivity contribution in [1.82, 2.24) is 15.1 Å². The molecule has 4 nitrogen and oxygen atoms in total. The Labute approximate surface area is 111 Å². The molecule has 1 amide bonds. The molecule has 2 saturated heterocycles. The Morgan fingerprint density at radius 2 is 1.89 bits per heavy atom. The van der Waals surface area contributed by atoms with Crippen molar-refractivity contribution in [2.75, 3.05) is 32.7 Å². The third-order valence-corrected chi connectivity index (χ3v) is 4.46. The Morgan fingerprint density at radius 3 is 2.39 bits per heavy atom. The van der Waals surface area contributed by atoms with Gasteiger partial charge in [-0.2, -0.15) is 0 Å². The predicted molar refractivity (Wildman–Crippen MR) is 73.5 cm³/mol. The number of rotatable bonds is 4. The monoisotopic (exact) mass is 253 g/mol. The van der Waals surface area contributed by atoms with Gasteiger partial charge in [-0.05, 0) is 45.3 Å². The lowest BCUT2D eigenvalue weighted by Gasteiger charge is -2.38. The Bertz CT molecular complexity index is 264. The van der Waals surface area contributed by atoms with Gasteiger partial charge in [0.15, 0.2) is 0 Å². The van der Waals surface area contributed by atoms with Crippen LogP contribution in [0.25, 0.3) is 0 Å². The molecular formula is C14H27N3O. The van der Waals surface area contributed by atoms with E-state index >= 15 is 0 Å². The van der Waals surface area contributed by atoms with Crippen molar-refractivity contribution in [3.63, 3.8) is 0 Å². The fourth-order valence-corrected chi connectivity index (χ4v) is 3.31. The highest BCUT2D eigenvalue weighted by molar-refractivity contribution is 5.82. The molecule has 0 unspecified atom stereocenters. The summed E-state index contributed by atoms with van der Waals surface area (Å²) in [5.74, 6) is 0.338. The molecule has 0 aromatic rings. The molecule has 0 saturated carbocycles. The largest absolute Gasteiger partial charge is 0.341 e. The molecule has 0 spiro atoms. The van der Waals surface area contributed by atoms with Gasteiger partial charge in [-0.25, -0.2) is 0 Å². The first-order valence-corrected chi connectivity index (χ1v) is 7.52. The van der Waals surface area contributed by atoms with E-state index in [4.69, 9.17) is 0 Å². The van der Waals surface area contributed by atoms with Gasteiger partial charge in [0.05, 0.1) is 6.04 Å². The van der Waals surface area contributed by atoms with Crippen LogP contribution in [0, 0.1) is 0 Å². The Kier molecular flexibility index (Phi) is 5.01. The van der Waals surface area contributed by atoms with Gasteiger partial charge < -0.3 is 15.1 Å². The molecule has 0 aromatic carbocycles. The highest BCUT2D eigenvalue weighted by atomic mass is 16.2. The van der Waals surface area contributed by atoms with Gasteiger partial charge in [-0.1, -0.05) is 13.8 Å². The second kappa shape index (κ2) is 6.53. The molecule has 4 heteroatoms. The smallest absolute Gasteiger partial charge is 0.239 e. The van der Waals surface area contributed by atoms with Crippen LogP contribution in [0.1, 0.15) is 39.5 Å². The maximum Gasteiger partial charge on any atom is 0.239 e. The second-order valence-corrected chi connectivity index (χ2v) is 5.43. The zero-order valence-electron chi connectivity index (χ0n) is 11.8. The van der Waals surface area contributed by atoms with Crippen LogP contribution >= 0.6 is 0 Å². The SMILES string of the molecule is CCN(CC)C1CCN(C(=O)[C@@H]2CCCN2)CC1. The van der Waals surface area contributed by atoms with Crippen molar-refractivity contribution < 1.29 is 4.79 Å². The summed E-state index contributed by atoms with van der Waals surface area (Å²) in [6.07, 6.45) is 4.45. The molecule has 0 aromatic heterocycles. The zero-order chi connectivity index (χ0) is 13.0. The third kappa shape index (κ3) is 3.04. The highest BCUT2D eigenvalue weighted by Gasteiger charge is 2.30. The molecule has 0 bridgehead atoms. The summed E-state index contributed by atoms with van der Waals surface area (Å²) in [7, 11) is 0. The quantitative estimate of drug-likeness (QED) is 0.814. The molecule has 2 rings (SSSR count). The van der Waals surface area contributed by atoms with Crippen LogP contribution < -0.4 is 5.32 Å². The van der Waals surface area contributed by atoms with Gasteiger partial charge in [0.25, 0.3) is 0 Å². The Morgan fingerprint density at radius 1 is 1.22 bits per heavy atom. The van der Waals surface area contributed by atoms with E-state index in [0.717, 1.165) is 58.4 Å². The van der Waals surface area contributed by atoms with Gasteiger partial charge in [0.2, 0.25) is 5.91 Å². The van der Waals surface area contributed by atoms with E-state index in [0.29, 0.717) is 11.9 Å². The van der Waals surface area contributed by atoms with Gasteiger partial charge in [0, 0.05) is 19.1 Å². The van der Waals surface area contributed by atoms with E-state index in [9.17, 15) is 4.79 Å². The van der Waals surface area contributed by atoms with E-state index < -0.39 is 0 Å². The summed E-state index contributed by atoms with van der Waals surface area (Å²) in [6, 6.07) is 0.788. The minimum atomic E-state index is 0.106. The maximum atomic E-state index is 12.3. The van der Waals surface area contributed by atoms with E-state index in [2.05, 4.69) is 29.0 Å². The van der Waals surface area contributed by atoms with Gasteiger partial charge in [-0.3, -0.25) is 4.79 Å². The number of hydrogen-bond acceptors (Lipinski definition) is 3. The average molecular weight is 253 g/mol. The lowest BCUT2D eigenvalue weighted by atomic mass is 10.0. The molecule has 2 aliphatic heterocycles. The number of nitrogens with one attached hydrogen (secondary N) is 1. The number of amides is 1. The van der Waals surface area contributed by atoms with E-state index in [1.165, 1.54) is 0 Å². The molecule has 0 aliphatic carbocycles. The van der Waals surface area contributed by atoms with Crippen molar-refractivity contribution in [3.05, 3.63) is 0 Å². The van der Waals surface area contributed by atoms with Gasteiger partial charge in [0.1, 0.15) is 0 Å². The first-order valence-electron chi connectivity index (χ1n) is 7.52. The molecule has 0 radical (unpaired) electrons. The molecule has 18 heavy (non-hydrogen) atoms. The molecular weight excluding hydrogens is 226 g/mol. The van der Waals surface area contributed by atoms with Crippen molar-refractivity contribution in [2.45, 2.75) is 51.6 Å². The number of hydrogen-bond donors (Lipinski definition) is 1. The Balaban J connectivity index is 1.80. The Hall–Kier alpha value is -0.610. The topological polar surface area (TPSA) is 35.6 Å². The fraction of sp³-hybridized carbons (Fsp3) is 0.929. The molecule has 1 atom stereocenters. The van der Waals surface area contributed by atoms with E-state index in [1.807, 2.05) is 0 Å². The number of likely N-dealkylation sites (tertiary alicyclic amines) is 1. The van der Waals surface area contributed by atoms with Gasteiger partial charge >= 0.3 is 0 Å². The number of carbonyl (C=O) groups is 1.